The summed E-state index contributed by atoms with van der Waals surface area (Å²) in [6.07, 6.45) is 3.25. The predicted molar refractivity (Wildman–Crippen MR) is 60.4 cm³/mol. The van der Waals surface area contributed by atoms with Crippen LogP contribution in [0.3, 0.4) is 0 Å². The zero-order valence-electron chi connectivity index (χ0n) is 8.55. The van der Waals surface area contributed by atoms with Crippen LogP contribution in [-0.2, 0) is 6.42 Å². The second kappa shape index (κ2) is 4.50. The first-order chi connectivity index (χ1) is 7.20. The molecule has 2 atom stereocenters. The Bertz CT molecular complexity index is 351. The van der Waals surface area contributed by atoms with Crippen LogP contribution in [0.1, 0.15) is 18.4 Å². The third-order valence-corrected chi connectivity index (χ3v) is 3.74. The molecule has 0 aromatic heterocycles. The van der Waals surface area contributed by atoms with Crippen LogP contribution in [0.25, 0.3) is 0 Å². The lowest BCUT2D eigenvalue weighted by molar-refractivity contribution is 0.183. The summed E-state index contributed by atoms with van der Waals surface area (Å²) < 4.78 is 13.0. The molecule has 2 unspecified atom stereocenters. The van der Waals surface area contributed by atoms with Crippen LogP contribution in [0, 0.1) is 17.7 Å². The Balaban J connectivity index is 2.07. The standard InChI is InChI=1S/C12H15ClFN/c13-12-4-3-11(14)6-10(12)5-8-1-2-9(8)7-15/h3-4,6,8-9H,1-2,5,7,15H2. The Labute approximate surface area is 94.4 Å². The minimum Gasteiger partial charge on any atom is -0.330 e. The Morgan fingerprint density at radius 1 is 1.33 bits per heavy atom. The number of rotatable bonds is 3. The largest absolute Gasteiger partial charge is 0.330 e. The molecule has 1 aromatic carbocycles. The van der Waals surface area contributed by atoms with Gasteiger partial charge in [-0.25, -0.2) is 4.39 Å². The highest BCUT2D eigenvalue weighted by Crippen LogP contribution is 2.37. The lowest BCUT2D eigenvalue weighted by Gasteiger charge is -2.36. The summed E-state index contributed by atoms with van der Waals surface area (Å²) in [6.45, 7) is 0.734. The first kappa shape index (κ1) is 10.9. The van der Waals surface area contributed by atoms with Crippen LogP contribution in [0.5, 0.6) is 0 Å². The summed E-state index contributed by atoms with van der Waals surface area (Å²) in [5.74, 6) is 0.983. The topological polar surface area (TPSA) is 26.0 Å². The fourth-order valence-electron chi connectivity index (χ4n) is 2.20. The summed E-state index contributed by atoms with van der Waals surface area (Å²) in [7, 11) is 0. The monoisotopic (exact) mass is 227 g/mol. The van der Waals surface area contributed by atoms with Gasteiger partial charge in [0.1, 0.15) is 5.82 Å². The molecule has 15 heavy (non-hydrogen) atoms. The van der Waals surface area contributed by atoms with Gasteiger partial charge in [-0.2, -0.15) is 0 Å². The van der Waals surface area contributed by atoms with E-state index in [9.17, 15) is 4.39 Å². The normalized spacial score (nSPS) is 25.0. The summed E-state index contributed by atoms with van der Waals surface area (Å²) in [5.41, 5.74) is 6.56. The molecule has 0 spiro atoms. The zero-order valence-corrected chi connectivity index (χ0v) is 9.30. The molecule has 2 N–H and O–H groups in total. The van der Waals surface area contributed by atoms with Crippen molar-refractivity contribution >= 4 is 11.6 Å². The van der Waals surface area contributed by atoms with Crippen LogP contribution in [-0.4, -0.2) is 6.54 Å². The molecule has 0 aliphatic heterocycles. The van der Waals surface area contributed by atoms with Gasteiger partial charge in [0.15, 0.2) is 0 Å². The molecule has 0 saturated heterocycles. The first-order valence-corrected chi connectivity index (χ1v) is 5.72. The molecule has 1 aliphatic rings. The van der Waals surface area contributed by atoms with Gasteiger partial charge in [-0.3, -0.25) is 0 Å². The van der Waals surface area contributed by atoms with Gasteiger partial charge in [-0.1, -0.05) is 11.6 Å². The molecule has 1 fully saturated rings. The van der Waals surface area contributed by atoms with Crippen LogP contribution < -0.4 is 5.73 Å². The summed E-state index contributed by atoms with van der Waals surface area (Å²) in [4.78, 5) is 0. The first-order valence-electron chi connectivity index (χ1n) is 5.34. The molecular formula is C12H15ClFN. The lowest BCUT2D eigenvalue weighted by atomic mass is 9.71. The summed E-state index contributed by atoms with van der Waals surface area (Å²) in [6, 6.07) is 4.56. The Hall–Kier alpha value is -0.600. The van der Waals surface area contributed by atoms with Crippen molar-refractivity contribution in [1.82, 2.24) is 0 Å². The van der Waals surface area contributed by atoms with E-state index in [4.69, 9.17) is 17.3 Å². The van der Waals surface area contributed by atoms with E-state index >= 15 is 0 Å². The van der Waals surface area contributed by atoms with Crippen LogP contribution in [0.4, 0.5) is 4.39 Å². The third kappa shape index (κ3) is 2.32. The maximum absolute atomic E-state index is 13.0. The average Bonchev–Trinajstić information content (AvgIpc) is 2.18. The number of nitrogens with two attached hydrogens (primary N) is 1. The average molecular weight is 228 g/mol. The van der Waals surface area contributed by atoms with Crippen molar-refractivity contribution in [1.29, 1.82) is 0 Å². The molecule has 1 saturated carbocycles. The minimum absolute atomic E-state index is 0.210. The molecule has 82 valence electrons. The van der Waals surface area contributed by atoms with Crippen molar-refractivity contribution in [2.45, 2.75) is 19.3 Å². The van der Waals surface area contributed by atoms with E-state index in [1.165, 1.54) is 25.0 Å². The molecule has 2 rings (SSSR count). The van der Waals surface area contributed by atoms with Crippen LogP contribution >= 0.6 is 11.6 Å². The molecule has 1 nitrogen and oxygen atoms in total. The second-order valence-electron chi connectivity index (χ2n) is 4.27. The molecule has 0 heterocycles. The number of hydrogen-bond acceptors (Lipinski definition) is 1. The van der Waals surface area contributed by atoms with Gasteiger partial charge in [0.05, 0.1) is 0 Å². The van der Waals surface area contributed by atoms with E-state index < -0.39 is 0 Å². The van der Waals surface area contributed by atoms with Gasteiger partial charge < -0.3 is 5.73 Å². The summed E-state index contributed by atoms with van der Waals surface area (Å²) in [5, 5.41) is 0.666. The van der Waals surface area contributed by atoms with E-state index in [0.29, 0.717) is 16.9 Å². The van der Waals surface area contributed by atoms with E-state index in [1.54, 1.807) is 6.07 Å². The molecule has 0 amide bonds. The second-order valence-corrected chi connectivity index (χ2v) is 4.68. The fraction of sp³-hybridized carbons (Fsp3) is 0.500. The SMILES string of the molecule is NCC1CCC1Cc1cc(F)ccc1Cl. The highest BCUT2D eigenvalue weighted by Gasteiger charge is 2.29. The van der Waals surface area contributed by atoms with Crippen molar-refractivity contribution < 1.29 is 4.39 Å². The Kier molecular flexibility index (Phi) is 3.27. The van der Waals surface area contributed by atoms with Gasteiger partial charge >= 0.3 is 0 Å². The fourth-order valence-corrected chi connectivity index (χ4v) is 2.39. The van der Waals surface area contributed by atoms with Crippen molar-refractivity contribution in [3.05, 3.63) is 34.6 Å². The summed E-state index contributed by atoms with van der Waals surface area (Å²) >= 11 is 6.01. The maximum atomic E-state index is 13.0. The predicted octanol–water partition coefficient (Wildman–Crippen LogP) is 3.01. The Morgan fingerprint density at radius 2 is 2.07 bits per heavy atom. The molecule has 0 radical (unpaired) electrons. The molecule has 1 aliphatic carbocycles. The van der Waals surface area contributed by atoms with Gasteiger partial charge in [-0.15, -0.1) is 0 Å². The molecular weight excluding hydrogens is 213 g/mol. The smallest absolute Gasteiger partial charge is 0.123 e. The number of benzene rings is 1. The van der Waals surface area contributed by atoms with Gasteiger partial charge in [0.25, 0.3) is 0 Å². The van der Waals surface area contributed by atoms with E-state index in [0.717, 1.165) is 18.5 Å². The molecule has 3 heteroatoms. The highest BCUT2D eigenvalue weighted by atomic mass is 35.5. The maximum Gasteiger partial charge on any atom is 0.123 e. The Morgan fingerprint density at radius 3 is 2.67 bits per heavy atom. The highest BCUT2D eigenvalue weighted by molar-refractivity contribution is 6.31. The van der Waals surface area contributed by atoms with Crippen molar-refractivity contribution in [2.75, 3.05) is 6.54 Å². The zero-order chi connectivity index (χ0) is 10.8. The minimum atomic E-state index is -0.210. The van der Waals surface area contributed by atoms with Crippen LogP contribution in [0.15, 0.2) is 18.2 Å². The van der Waals surface area contributed by atoms with Gasteiger partial charge in [0, 0.05) is 5.02 Å². The van der Waals surface area contributed by atoms with E-state index in [2.05, 4.69) is 0 Å². The van der Waals surface area contributed by atoms with Crippen LogP contribution in [0.2, 0.25) is 5.02 Å². The van der Waals surface area contributed by atoms with Gasteiger partial charge in [-0.05, 0) is 61.4 Å². The van der Waals surface area contributed by atoms with Gasteiger partial charge in [0.2, 0.25) is 0 Å². The van der Waals surface area contributed by atoms with E-state index in [-0.39, 0.29) is 5.82 Å². The number of hydrogen-bond donors (Lipinski definition) is 1. The lowest BCUT2D eigenvalue weighted by Crippen LogP contribution is -2.33. The van der Waals surface area contributed by atoms with Crippen molar-refractivity contribution in [3.63, 3.8) is 0 Å². The quantitative estimate of drug-likeness (QED) is 0.844. The number of halogens is 2. The molecule has 0 bridgehead atoms. The molecule has 1 aromatic rings. The third-order valence-electron chi connectivity index (χ3n) is 3.37. The van der Waals surface area contributed by atoms with E-state index in [1.807, 2.05) is 0 Å². The van der Waals surface area contributed by atoms with Crippen molar-refractivity contribution in [3.8, 4) is 0 Å². The van der Waals surface area contributed by atoms with Crippen molar-refractivity contribution in [2.24, 2.45) is 17.6 Å².